The summed E-state index contributed by atoms with van der Waals surface area (Å²) in [5, 5.41) is 0. The van der Waals surface area contributed by atoms with E-state index < -0.39 is 6.16 Å². The van der Waals surface area contributed by atoms with Crippen molar-refractivity contribution in [2.24, 2.45) is 0 Å². The van der Waals surface area contributed by atoms with Gasteiger partial charge in [0.15, 0.2) is 0 Å². The molecule has 12 heavy (non-hydrogen) atoms. The maximum atomic E-state index is 10.2. The molecule has 0 amide bonds. The Bertz CT molecular complexity index is 174. The first-order valence-electron chi connectivity index (χ1n) is 4.42. The molecular weight excluding hydrogens is 156 g/mol. The summed E-state index contributed by atoms with van der Waals surface area (Å²) in [6.07, 6.45) is 7.03. The maximum Gasteiger partial charge on any atom is 0.524 e. The summed E-state index contributed by atoms with van der Waals surface area (Å²) < 4.78 is 9.09. The van der Waals surface area contributed by atoms with Crippen LogP contribution in [0.3, 0.4) is 0 Å². The highest BCUT2D eigenvalue weighted by Gasteiger charge is 2.22. The van der Waals surface area contributed by atoms with Crippen molar-refractivity contribution in [1.29, 1.82) is 0 Å². The highest BCUT2D eigenvalue weighted by Crippen LogP contribution is 2.16. The van der Waals surface area contributed by atoms with Gasteiger partial charge in [-0.3, -0.25) is 0 Å². The van der Waals surface area contributed by atoms with Crippen molar-refractivity contribution < 1.29 is 14.3 Å². The zero-order valence-electron chi connectivity index (χ0n) is 7.34. The standard InChI is InChI=1S/C9H14O3/c1-2-3-4-5-6-7-8-11-9(10)12-8/h7H,2-6H2,1H3. The van der Waals surface area contributed by atoms with Gasteiger partial charge >= 0.3 is 6.16 Å². The Morgan fingerprint density at radius 3 is 2.58 bits per heavy atom. The third-order valence-electron chi connectivity index (χ3n) is 1.74. The van der Waals surface area contributed by atoms with Crippen molar-refractivity contribution in [3.05, 3.63) is 12.0 Å². The molecule has 0 saturated carbocycles. The smallest absolute Gasteiger partial charge is 0.360 e. The van der Waals surface area contributed by atoms with Crippen molar-refractivity contribution in [3.8, 4) is 0 Å². The molecule has 1 rings (SSSR count). The number of hydrogen-bond acceptors (Lipinski definition) is 3. The molecule has 0 N–H and O–H groups in total. The van der Waals surface area contributed by atoms with Crippen LogP contribution in [0.15, 0.2) is 12.0 Å². The molecular formula is C9H14O3. The van der Waals surface area contributed by atoms with E-state index in [0.717, 1.165) is 12.8 Å². The molecule has 0 aromatic rings. The van der Waals surface area contributed by atoms with Crippen LogP contribution in [0.4, 0.5) is 4.79 Å². The van der Waals surface area contributed by atoms with Gasteiger partial charge in [0.1, 0.15) is 0 Å². The molecule has 0 atom stereocenters. The molecule has 0 aromatic heterocycles. The van der Waals surface area contributed by atoms with Gasteiger partial charge in [0.05, 0.1) is 0 Å². The van der Waals surface area contributed by atoms with Gasteiger partial charge < -0.3 is 9.47 Å². The highest BCUT2D eigenvalue weighted by molar-refractivity contribution is 5.67. The van der Waals surface area contributed by atoms with Crippen LogP contribution in [0.2, 0.25) is 0 Å². The van der Waals surface area contributed by atoms with Gasteiger partial charge in [-0.25, -0.2) is 4.79 Å². The van der Waals surface area contributed by atoms with E-state index in [4.69, 9.17) is 0 Å². The van der Waals surface area contributed by atoms with Crippen LogP contribution in [0.25, 0.3) is 0 Å². The normalized spacial score (nSPS) is 14.8. The Morgan fingerprint density at radius 1 is 1.25 bits per heavy atom. The van der Waals surface area contributed by atoms with Crippen LogP contribution in [0, 0.1) is 0 Å². The van der Waals surface area contributed by atoms with Crippen molar-refractivity contribution in [2.75, 3.05) is 0 Å². The number of ether oxygens (including phenoxy) is 2. The predicted octanol–water partition coefficient (Wildman–Crippen LogP) is 2.97. The first-order chi connectivity index (χ1) is 5.83. The largest absolute Gasteiger partial charge is 0.524 e. The summed E-state index contributed by atoms with van der Waals surface area (Å²) in [4.78, 5) is 10.2. The molecule has 1 aliphatic heterocycles. The number of hydrogen-bond donors (Lipinski definition) is 0. The number of carbonyl (C=O) groups is 1. The van der Waals surface area contributed by atoms with Crippen LogP contribution in [-0.2, 0) is 9.47 Å². The minimum Gasteiger partial charge on any atom is -0.360 e. The number of carbonyl (C=O) groups excluding carboxylic acids is 1. The van der Waals surface area contributed by atoms with Gasteiger partial charge in [-0.05, 0) is 18.9 Å². The second-order valence-corrected chi connectivity index (χ2v) is 2.83. The zero-order valence-corrected chi connectivity index (χ0v) is 7.34. The number of unbranched alkanes of at least 4 members (excludes halogenated alkanes) is 4. The molecule has 3 nitrogen and oxygen atoms in total. The Labute approximate surface area is 72.4 Å². The third kappa shape index (κ3) is 2.95. The lowest BCUT2D eigenvalue weighted by molar-refractivity contribution is -0.0267. The fraction of sp³-hybridized carbons (Fsp3) is 0.667. The summed E-state index contributed by atoms with van der Waals surface area (Å²) in [6.45, 7) is 2.18. The van der Waals surface area contributed by atoms with Gasteiger partial charge in [0, 0.05) is 0 Å². The third-order valence-corrected chi connectivity index (χ3v) is 1.74. The van der Waals surface area contributed by atoms with Crippen LogP contribution < -0.4 is 0 Å². The van der Waals surface area contributed by atoms with Gasteiger partial charge in [0.25, 0.3) is 5.95 Å². The van der Waals surface area contributed by atoms with Crippen LogP contribution in [0.5, 0.6) is 0 Å². The summed E-state index contributed by atoms with van der Waals surface area (Å²) in [7, 11) is 0. The summed E-state index contributed by atoms with van der Waals surface area (Å²) in [5.74, 6) is 0.372. The highest BCUT2D eigenvalue weighted by atomic mass is 16.9. The Hall–Kier alpha value is -0.990. The van der Waals surface area contributed by atoms with E-state index >= 15 is 0 Å². The lowest BCUT2D eigenvalue weighted by Crippen LogP contribution is -2.19. The van der Waals surface area contributed by atoms with E-state index in [2.05, 4.69) is 16.4 Å². The molecule has 1 fully saturated rings. The fourth-order valence-corrected chi connectivity index (χ4v) is 1.05. The molecule has 0 radical (unpaired) electrons. The van der Waals surface area contributed by atoms with Crippen LogP contribution >= 0.6 is 0 Å². The second kappa shape index (κ2) is 4.80. The predicted molar refractivity (Wildman–Crippen MR) is 44.4 cm³/mol. The summed E-state index contributed by atoms with van der Waals surface area (Å²) >= 11 is 0. The Balaban J connectivity index is 1.95. The lowest BCUT2D eigenvalue weighted by atomic mass is 10.1. The number of cyclic esters (lactones) is 2. The molecule has 68 valence electrons. The molecule has 1 aliphatic rings. The average Bonchev–Trinajstić information content (AvgIpc) is 2.00. The molecule has 0 aliphatic carbocycles. The van der Waals surface area contributed by atoms with Crippen molar-refractivity contribution in [1.82, 2.24) is 0 Å². The van der Waals surface area contributed by atoms with Crippen molar-refractivity contribution in [3.63, 3.8) is 0 Å². The van der Waals surface area contributed by atoms with E-state index in [9.17, 15) is 4.79 Å². The van der Waals surface area contributed by atoms with E-state index in [1.54, 1.807) is 0 Å². The first kappa shape index (κ1) is 9.10. The molecule has 1 saturated heterocycles. The van der Waals surface area contributed by atoms with E-state index in [1.807, 2.05) is 6.08 Å². The van der Waals surface area contributed by atoms with Gasteiger partial charge in [-0.2, -0.15) is 0 Å². The summed E-state index contributed by atoms with van der Waals surface area (Å²) in [6, 6.07) is 0. The number of rotatable bonds is 5. The summed E-state index contributed by atoms with van der Waals surface area (Å²) in [5.41, 5.74) is 0. The van der Waals surface area contributed by atoms with Gasteiger partial charge in [-0.15, -0.1) is 0 Å². The van der Waals surface area contributed by atoms with Gasteiger partial charge in [-0.1, -0.05) is 26.2 Å². The number of allylic oxidation sites excluding steroid dienone is 1. The second-order valence-electron chi connectivity index (χ2n) is 2.83. The van der Waals surface area contributed by atoms with Crippen molar-refractivity contribution >= 4 is 6.16 Å². The minimum atomic E-state index is -0.588. The molecule has 0 aromatic carbocycles. The van der Waals surface area contributed by atoms with E-state index in [1.165, 1.54) is 19.3 Å². The fourth-order valence-electron chi connectivity index (χ4n) is 1.05. The van der Waals surface area contributed by atoms with Gasteiger partial charge in [0.2, 0.25) is 0 Å². The molecule has 1 heterocycles. The molecule has 3 heteroatoms. The minimum absolute atomic E-state index is 0.372. The van der Waals surface area contributed by atoms with Crippen LogP contribution in [0.1, 0.15) is 39.0 Å². The van der Waals surface area contributed by atoms with E-state index in [0.29, 0.717) is 5.95 Å². The monoisotopic (exact) mass is 170 g/mol. The topological polar surface area (TPSA) is 35.5 Å². The SMILES string of the molecule is CCCCCCC=C1OC(=O)O1. The van der Waals surface area contributed by atoms with E-state index in [-0.39, 0.29) is 0 Å². The molecule has 0 bridgehead atoms. The Morgan fingerprint density at radius 2 is 2.00 bits per heavy atom. The maximum absolute atomic E-state index is 10.2. The first-order valence-corrected chi connectivity index (χ1v) is 4.42. The average molecular weight is 170 g/mol. The zero-order chi connectivity index (χ0) is 8.81. The Kier molecular flexibility index (Phi) is 3.64. The molecule has 0 spiro atoms. The van der Waals surface area contributed by atoms with Crippen molar-refractivity contribution in [2.45, 2.75) is 39.0 Å². The lowest BCUT2D eigenvalue weighted by Gasteiger charge is -2.14. The molecule has 0 unspecified atom stereocenters. The van der Waals surface area contributed by atoms with Crippen LogP contribution in [-0.4, -0.2) is 6.16 Å². The quantitative estimate of drug-likeness (QED) is 0.470.